The van der Waals surface area contributed by atoms with Crippen LogP contribution < -0.4 is 9.64 Å². The first-order valence-electron chi connectivity index (χ1n) is 9.46. The van der Waals surface area contributed by atoms with Crippen LogP contribution in [0, 0.1) is 0 Å². The van der Waals surface area contributed by atoms with Crippen LogP contribution in [0.1, 0.15) is 26.3 Å². The van der Waals surface area contributed by atoms with Gasteiger partial charge in [0.1, 0.15) is 5.75 Å². The van der Waals surface area contributed by atoms with E-state index < -0.39 is 5.54 Å². The maximum Gasteiger partial charge on any atom is 0.277 e. The summed E-state index contributed by atoms with van der Waals surface area (Å²) in [6.45, 7) is 6.11. The van der Waals surface area contributed by atoms with Crippen molar-refractivity contribution in [3.8, 4) is 17.2 Å². The third kappa shape index (κ3) is 3.82. The summed E-state index contributed by atoms with van der Waals surface area (Å²) >= 11 is 1.22. The molecule has 7 nitrogen and oxygen atoms in total. The van der Waals surface area contributed by atoms with Gasteiger partial charge in [0.2, 0.25) is 11.8 Å². The van der Waals surface area contributed by atoms with Gasteiger partial charge in [0.15, 0.2) is 0 Å². The van der Waals surface area contributed by atoms with Gasteiger partial charge in [0, 0.05) is 18.0 Å². The molecule has 1 aromatic carbocycles. The number of carbonyl (C=O) groups is 1. The first-order valence-corrected chi connectivity index (χ1v) is 10.5. The van der Waals surface area contributed by atoms with E-state index in [2.05, 4.69) is 28.2 Å². The van der Waals surface area contributed by atoms with Gasteiger partial charge < -0.3 is 14.1 Å². The molecule has 0 N–H and O–H groups in total. The molecule has 0 fully saturated rings. The predicted molar refractivity (Wildman–Crippen MR) is 116 cm³/mol. The molecule has 0 saturated heterocycles. The van der Waals surface area contributed by atoms with E-state index in [-0.39, 0.29) is 11.7 Å². The highest BCUT2D eigenvalue weighted by atomic mass is 32.2. The number of carbonyl (C=O) groups excluding carboxylic acids is 1. The number of thioether (sulfide) groups is 1. The predicted octanol–water partition coefficient (Wildman–Crippen LogP) is 4.46. The average Bonchev–Trinajstić information content (AvgIpc) is 3.21. The highest BCUT2D eigenvalue weighted by molar-refractivity contribution is 7.99. The number of ether oxygens (including phenoxy) is 1. The Hall–Kier alpha value is -3.13. The third-order valence-electron chi connectivity index (χ3n) is 4.90. The smallest absolute Gasteiger partial charge is 0.277 e. The van der Waals surface area contributed by atoms with E-state index in [1.165, 1.54) is 11.8 Å². The highest BCUT2D eigenvalue weighted by Gasteiger charge is 2.36. The molecule has 30 heavy (non-hydrogen) atoms. The maximum atomic E-state index is 13.2. The molecule has 0 saturated carbocycles. The number of methoxy groups -OCH3 is 1. The van der Waals surface area contributed by atoms with Crippen LogP contribution >= 0.6 is 11.8 Å². The molecule has 0 spiro atoms. The van der Waals surface area contributed by atoms with Crippen LogP contribution in [0.2, 0.25) is 0 Å². The molecule has 0 aliphatic carbocycles. The lowest BCUT2D eigenvalue weighted by Gasteiger charge is -2.41. The molecule has 3 heterocycles. The molecule has 2 aromatic heterocycles. The Labute approximate surface area is 179 Å². The standard InChI is InChI=1S/C22H22N4O3S/c1-14-11-22(2,3)26(18-8-7-16(28-4)10-17(14)18)19(27)13-30-21-25-24-20(29-21)15-6-5-9-23-12-15/h5-12H,13H2,1-4H3. The van der Waals surface area contributed by atoms with Crippen molar-refractivity contribution in [2.24, 2.45) is 0 Å². The summed E-state index contributed by atoms with van der Waals surface area (Å²) in [5.74, 6) is 1.28. The Balaban J connectivity index is 1.54. The monoisotopic (exact) mass is 422 g/mol. The number of benzene rings is 1. The molecule has 3 aromatic rings. The normalized spacial score (nSPS) is 14.8. The van der Waals surface area contributed by atoms with Crippen molar-refractivity contribution in [1.82, 2.24) is 15.2 Å². The van der Waals surface area contributed by atoms with Crippen LogP contribution in [-0.2, 0) is 4.79 Å². The van der Waals surface area contributed by atoms with Gasteiger partial charge in [-0.15, -0.1) is 10.2 Å². The molecule has 0 unspecified atom stereocenters. The Morgan fingerprint density at radius 3 is 2.83 bits per heavy atom. The highest BCUT2D eigenvalue weighted by Crippen LogP contribution is 2.41. The van der Waals surface area contributed by atoms with Crippen molar-refractivity contribution in [3.05, 3.63) is 54.4 Å². The average molecular weight is 423 g/mol. The zero-order valence-electron chi connectivity index (χ0n) is 17.2. The Morgan fingerprint density at radius 2 is 2.10 bits per heavy atom. The minimum Gasteiger partial charge on any atom is -0.497 e. The van der Waals surface area contributed by atoms with Gasteiger partial charge in [0.25, 0.3) is 5.22 Å². The van der Waals surface area contributed by atoms with Crippen LogP contribution in [0.15, 0.2) is 58.4 Å². The Bertz CT molecular complexity index is 1110. The fraction of sp³-hybridized carbons (Fsp3) is 0.273. The van der Waals surface area contributed by atoms with E-state index >= 15 is 0 Å². The van der Waals surface area contributed by atoms with Crippen molar-refractivity contribution < 1.29 is 13.9 Å². The van der Waals surface area contributed by atoms with Crippen LogP contribution in [0.4, 0.5) is 5.69 Å². The summed E-state index contributed by atoms with van der Waals surface area (Å²) in [6.07, 6.45) is 5.44. The molecular weight excluding hydrogens is 400 g/mol. The number of rotatable bonds is 5. The number of pyridine rings is 1. The molecule has 0 radical (unpaired) electrons. The lowest BCUT2D eigenvalue weighted by Crippen LogP contribution is -2.49. The number of aromatic nitrogens is 3. The van der Waals surface area contributed by atoms with Crippen molar-refractivity contribution >= 4 is 28.9 Å². The zero-order valence-corrected chi connectivity index (χ0v) is 18.1. The van der Waals surface area contributed by atoms with Crippen LogP contribution in [0.5, 0.6) is 5.75 Å². The molecule has 154 valence electrons. The van der Waals surface area contributed by atoms with E-state index in [0.29, 0.717) is 11.1 Å². The van der Waals surface area contributed by atoms with E-state index in [9.17, 15) is 4.79 Å². The lowest BCUT2D eigenvalue weighted by molar-refractivity contribution is -0.116. The fourth-order valence-corrected chi connectivity index (χ4v) is 4.27. The van der Waals surface area contributed by atoms with E-state index in [0.717, 1.165) is 28.1 Å². The van der Waals surface area contributed by atoms with Gasteiger partial charge in [-0.05, 0) is 56.7 Å². The lowest BCUT2D eigenvalue weighted by atomic mass is 9.88. The summed E-state index contributed by atoms with van der Waals surface area (Å²) in [5.41, 5.74) is 3.25. The second kappa shape index (κ2) is 7.95. The molecule has 1 aliphatic heterocycles. The molecule has 1 amide bonds. The number of amides is 1. The number of nitrogens with zero attached hydrogens (tertiary/aromatic N) is 4. The molecule has 0 bridgehead atoms. The number of hydrogen-bond acceptors (Lipinski definition) is 7. The van der Waals surface area contributed by atoms with Crippen LogP contribution in [0.25, 0.3) is 17.0 Å². The van der Waals surface area contributed by atoms with Gasteiger partial charge in [-0.2, -0.15) is 0 Å². The molecule has 0 atom stereocenters. The second-order valence-corrected chi connectivity index (χ2v) is 8.42. The van der Waals surface area contributed by atoms with Gasteiger partial charge in [-0.1, -0.05) is 17.8 Å². The summed E-state index contributed by atoms with van der Waals surface area (Å²) in [5, 5.41) is 8.44. The summed E-state index contributed by atoms with van der Waals surface area (Å²) in [4.78, 5) is 19.1. The van der Waals surface area contributed by atoms with Crippen LogP contribution in [0.3, 0.4) is 0 Å². The second-order valence-electron chi connectivity index (χ2n) is 7.50. The van der Waals surface area contributed by atoms with Gasteiger partial charge in [-0.25, -0.2) is 0 Å². The van der Waals surface area contributed by atoms with Gasteiger partial charge >= 0.3 is 0 Å². The quantitative estimate of drug-likeness (QED) is 0.562. The largest absolute Gasteiger partial charge is 0.497 e. The summed E-state index contributed by atoms with van der Waals surface area (Å²) in [7, 11) is 1.64. The SMILES string of the molecule is COc1ccc2c(c1)C(C)=CC(C)(C)N2C(=O)CSc1nnc(-c2cccnc2)o1. The number of hydrogen-bond donors (Lipinski definition) is 0. The zero-order chi connectivity index (χ0) is 21.3. The molecule has 4 rings (SSSR count). The molecule has 8 heteroatoms. The third-order valence-corrected chi connectivity index (χ3v) is 5.70. The van der Waals surface area contributed by atoms with Crippen LogP contribution in [-0.4, -0.2) is 39.5 Å². The fourth-order valence-electron chi connectivity index (χ4n) is 3.65. The van der Waals surface area contributed by atoms with E-state index in [1.807, 2.05) is 43.0 Å². The van der Waals surface area contributed by atoms with Crippen molar-refractivity contribution in [1.29, 1.82) is 0 Å². The van der Waals surface area contributed by atoms with Crippen molar-refractivity contribution in [2.75, 3.05) is 17.8 Å². The van der Waals surface area contributed by atoms with E-state index in [1.54, 1.807) is 25.6 Å². The number of fused-ring (bicyclic) bond motifs is 1. The van der Waals surface area contributed by atoms with Crippen molar-refractivity contribution in [3.63, 3.8) is 0 Å². The summed E-state index contributed by atoms with van der Waals surface area (Å²) in [6, 6.07) is 9.41. The maximum absolute atomic E-state index is 13.2. The first-order chi connectivity index (χ1) is 14.4. The minimum absolute atomic E-state index is 0.0405. The topological polar surface area (TPSA) is 81.4 Å². The van der Waals surface area contributed by atoms with Gasteiger partial charge in [0.05, 0.1) is 29.7 Å². The minimum atomic E-state index is -0.459. The first kappa shape index (κ1) is 20.2. The van der Waals surface area contributed by atoms with Gasteiger partial charge in [-0.3, -0.25) is 9.78 Å². The molecule has 1 aliphatic rings. The Morgan fingerprint density at radius 1 is 1.27 bits per heavy atom. The number of allylic oxidation sites excluding steroid dienone is 1. The Kier molecular flexibility index (Phi) is 5.34. The number of anilines is 1. The van der Waals surface area contributed by atoms with Crippen molar-refractivity contribution in [2.45, 2.75) is 31.5 Å². The van der Waals surface area contributed by atoms with E-state index in [4.69, 9.17) is 9.15 Å². The molecular formula is C22H22N4O3S. The summed E-state index contributed by atoms with van der Waals surface area (Å²) < 4.78 is 11.0.